The third kappa shape index (κ3) is 7.40. The van der Waals surface area contributed by atoms with Crippen molar-refractivity contribution in [3.05, 3.63) is 29.3 Å². The highest BCUT2D eigenvalue weighted by molar-refractivity contribution is 6.47. The molecule has 0 aliphatic carbocycles. The first kappa shape index (κ1) is 27.0. The van der Waals surface area contributed by atoms with Gasteiger partial charge in [0.1, 0.15) is 11.3 Å². The van der Waals surface area contributed by atoms with Gasteiger partial charge in [-0.1, -0.05) is 19.1 Å². The molecule has 0 bridgehead atoms. The second-order valence-corrected chi connectivity index (χ2v) is 7.49. The number of esters is 3. The number of unbranched alkanes of at least 4 members (excludes halogenated alkanes) is 1. The fourth-order valence-electron chi connectivity index (χ4n) is 3.08. The number of hydrogen-bond donors (Lipinski definition) is 2. The molecule has 1 aliphatic heterocycles. The number of rotatable bonds is 11. The van der Waals surface area contributed by atoms with E-state index in [1.165, 1.54) is 19.2 Å². The molecule has 186 valence electrons. The van der Waals surface area contributed by atoms with E-state index >= 15 is 0 Å². The Balaban J connectivity index is 1.89. The first-order valence-electron chi connectivity index (χ1n) is 10.6. The lowest BCUT2D eigenvalue weighted by Crippen LogP contribution is -2.56. The molecule has 0 saturated heterocycles. The topological polar surface area (TPSA) is 137 Å². The van der Waals surface area contributed by atoms with Crippen molar-refractivity contribution in [3.8, 4) is 5.75 Å². The minimum atomic E-state index is -3.59. The fraction of sp³-hybridized carbons (Fsp3) is 0.524. The van der Waals surface area contributed by atoms with Crippen molar-refractivity contribution < 1.29 is 51.8 Å². The zero-order valence-electron chi connectivity index (χ0n) is 18.8. The number of carbonyl (C=O) groups excluding carboxylic acids is 4. The second kappa shape index (κ2) is 12.3. The molecule has 1 aliphatic rings. The molecule has 0 aromatic heterocycles. The summed E-state index contributed by atoms with van der Waals surface area (Å²) in [5.74, 6) is -8.21. The van der Waals surface area contributed by atoms with Crippen molar-refractivity contribution >= 4 is 30.9 Å². The van der Waals surface area contributed by atoms with Gasteiger partial charge in [0.15, 0.2) is 0 Å². The van der Waals surface area contributed by atoms with Crippen molar-refractivity contribution in [1.29, 1.82) is 0 Å². The number of methoxy groups -OCH3 is 1. The molecule has 1 heterocycles. The number of alkyl halides is 2. The van der Waals surface area contributed by atoms with E-state index in [-0.39, 0.29) is 36.5 Å². The fourth-order valence-corrected chi connectivity index (χ4v) is 3.08. The molecular weight excluding hydrogens is 459 g/mol. The van der Waals surface area contributed by atoms with Gasteiger partial charge >= 0.3 is 30.9 Å². The number of benzene rings is 1. The molecular formula is C21H26BF2NO9. The van der Waals surface area contributed by atoms with Crippen molar-refractivity contribution in [2.45, 2.75) is 57.3 Å². The summed E-state index contributed by atoms with van der Waals surface area (Å²) in [5, 5.41) is 12.2. The van der Waals surface area contributed by atoms with Crippen LogP contribution in [0.15, 0.2) is 18.2 Å². The van der Waals surface area contributed by atoms with E-state index < -0.39 is 50.0 Å². The van der Waals surface area contributed by atoms with Gasteiger partial charge in [-0.05, 0) is 30.9 Å². The van der Waals surface area contributed by atoms with Crippen LogP contribution in [0, 0.1) is 0 Å². The molecule has 0 unspecified atom stereocenters. The lowest BCUT2D eigenvalue weighted by Gasteiger charge is -2.30. The summed E-state index contributed by atoms with van der Waals surface area (Å²) in [6, 6.07) is 4.39. The monoisotopic (exact) mass is 485 g/mol. The lowest BCUT2D eigenvalue weighted by molar-refractivity contribution is -0.152. The summed E-state index contributed by atoms with van der Waals surface area (Å²) in [4.78, 5) is 46.8. The van der Waals surface area contributed by atoms with E-state index in [2.05, 4.69) is 10.1 Å². The number of carbonyl (C=O) groups is 4. The molecule has 13 heteroatoms. The van der Waals surface area contributed by atoms with Crippen LogP contribution in [0.25, 0.3) is 0 Å². The number of para-hydroxylation sites is 1. The smallest absolute Gasteiger partial charge is 0.534 e. The van der Waals surface area contributed by atoms with Gasteiger partial charge in [0.25, 0.3) is 5.91 Å². The summed E-state index contributed by atoms with van der Waals surface area (Å²) >= 11 is 0. The van der Waals surface area contributed by atoms with Crippen LogP contribution >= 0.6 is 0 Å². The third-order valence-corrected chi connectivity index (χ3v) is 5.08. The molecule has 1 atom stereocenters. The second-order valence-electron chi connectivity index (χ2n) is 7.49. The average molecular weight is 485 g/mol. The van der Waals surface area contributed by atoms with Gasteiger partial charge in [0.05, 0.1) is 13.1 Å². The first-order chi connectivity index (χ1) is 16.1. The number of nitrogens with one attached hydrogen (secondary N) is 1. The Morgan fingerprint density at radius 2 is 1.85 bits per heavy atom. The maximum atomic E-state index is 13.6. The van der Waals surface area contributed by atoms with Crippen molar-refractivity contribution in [1.82, 2.24) is 5.32 Å². The minimum Gasteiger partial charge on any atom is -0.534 e. The van der Waals surface area contributed by atoms with Crippen LogP contribution in [-0.4, -0.2) is 61.7 Å². The molecule has 1 aromatic carbocycles. The maximum Gasteiger partial charge on any atom is 0.547 e. The van der Waals surface area contributed by atoms with Crippen LogP contribution in [0.3, 0.4) is 0 Å². The SMILES string of the molecule is CCC(F)(F)C(=O)N[C@H]1Cc2cccc(C(=O)OCOC(=O)CCCCC(=O)OC)c2OB1O. The van der Waals surface area contributed by atoms with Crippen LogP contribution in [0.2, 0.25) is 0 Å². The van der Waals surface area contributed by atoms with Gasteiger partial charge < -0.3 is 29.2 Å². The molecule has 2 rings (SSSR count). The van der Waals surface area contributed by atoms with Gasteiger partial charge in [-0.15, -0.1) is 0 Å². The summed E-state index contributed by atoms with van der Waals surface area (Å²) < 4.78 is 46.7. The Bertz CT molecular complexity index is 912. The Hall–Kier alpha value is -3.22. The van der Waals surface area contributed by atoms with Gasteiger partial charge in [-0.3, -0.25) is 14.4 Å². The zero-order valence-corrected chi connectivity index (χ0v) is 18.8. The van der Waals surface area contributed by atoms with E-state index in [0.717, 1.165) is 6.92 Å². The molecule has 0 radical (unpaired) electrons. The summed E-state index contributed by atoms with van der Waals surface area (Å²) in [6.07, 6.45) is 0.261. The zero-order chi connectivity index (χ0) is 25.3. The summed E-state index contributed by atoms with van der Waals surface area (Å²) in [6.45, 7) is 0.495. The van der Waals surface area contributed by atoms with Crippen LogP contribution in [-0.2, 0) is 35.0 Å². The number of amides is 1. The van der Waals surface area contributed by atoms with Crippen LogP contribution in [0.1, 0.15) is 54.9 Å². The molecule has 0 saturated carbocycles. The molecule has 0 fully saturated rings. The molecule has 34 heavy (non-hydrogen) atoms. The average Bonchev–Trinajstić information content (AvgIpc) is 2.81. The van der Waals surface area contributed by atoms with Crippen molar-refractivity contribution in [2.24, 2.45) is 0 Å². The highest BCUT2D eigenvalue weighted by Gasteiger charge is 2.43. The van der Waals surface area contributed by atoms with Crippen molar-refractivity contribution in [3.63, 3.8) is 0 Å². The first-order valence-corrected chi connectivity index (χ1v) is 10.6. The van der Waals surface area contributed by atoms with Gasteiger partial charge in [-0.25, -0.2) is 4.79 Å². The molecule has 2 N–H and O–H groups in total. The largest absolute Gasteiger partial charge is 0.547 e. The normalized spacial score (nSPS) is 15.0. The molecule has 1 amide bonds. The Morgan fingerprint density at radius 1 is 1.18 bits per heavy atom. The number of ether oxygens (including phenoxy) is 3. The van der Waals surface area contributed by atoms with E-state index in [9.17, 15) is 33.0 Å². The minimum absolute atomic E-state index is 0.0226. The standard InChI is InChI=1S/C21H26BF2NO9/c1-3-21(23,24)20(29)25-15-11-13-7-6-8-14(18(13)34-22(15)30)19(28)33-12-32-17(27)10-5-4-9-16(26)31-2/h6-8,15,30H,3-5,9-12H2,1-2H3,(H,25,29)/t15-/m0/s1. The number of fused-ring (bicyclic) bond motifs is 1. The predicted octanol–water partition coefficient (Wildman–Crippen LogP) is 1.56. The van der Waals surface area contributed by atoms with Crippen LogP contribution < -0.4 is 9.97 Å². The van der Waals surface area contributed by atoms with Crippen molar-refractivity contribution in [2.75, 3.05) is 13.9 Å². The molecule has 10 nitrogen and oxygen atoms in total. The van der Waals surface area contributed by atoms with E-state index in [1.54, 1.807) is 6.07 Å². The highest BCUT2D eigenvalue weighted by Crippen LogP contribution is 2.31. The summed E-state index contributed by atoms with van der Waals surface area (Å²) in [7, 11) is -0.410. The van der Waals surface area contributed by atoms with Gasteiger partial charge in [0.2, 0.25) is 6.79 Å². The Labute approximate surface area is 195 Å². The lowest BCUT2D eigenvalue weighted by atomic mass is 9.72. The summed E-state index contributed by atoms with van der Waals surface area (Å²) in [5.41, 5.74) is 0.307. The van der Waals surface area contributed by atoms with E-state index in [1.807, 2.05) is 0 Å². The molecule has 1 aromatic rings. The maximum absolute atomic E-state index is 13.6. The van der Waals surface area contributed by atoms with Gasteiger partial charge in [0, 0.05) is 19.3 Å². The van der Waals surface area contributed by atoms with Crippen LogP contribution in [0.5, 0.6) is 5.75 Å². The number of hydrogen-bond acceptors (Lipinski definition) is 9. The molecule has 0 spiro atoms. The number of halogens is 2. The van der Waals surface area contributed by atoms with E-state index in [4.69, 9.17) is 14.1 Å². The van der Waals surface area contributed by atoms with E-state index in [0.29, 0.717) is 18.4 Å². The van der Waals surface area contributed by atoms with Gasteiger partial charge in [-0.2, -0.15) is 8.78 Å². The van der Waals surface area contributed by atoms with Crippen LogP contribution in [0.4, 0.5) is 8.78 Å². The highest BCUT2D eigenvalue weighted by atomic mass is 19.3. The quantitative estimate of drug-likeness (QED) is 0.207. The Kier molecular flexibility index (Phi) is 9.78. The third-order valence-electron chi connectivity index (χ3n) is 5.08. The predicted molar refractivity (Wildman–Crippen MR) is 113 cm³/mol. The Morgan fingerprint density at radius 3 is 2.50 bits per heavy atom.